The second-order valence-electron chi connectivity index (χ2n) is 5.76. The summed E-state index contributed by atoms with van der Waals surface area (Å²) in [6.45, 7) is 7.91. The van der Waals surface area contributed by atoms with E-state index >= 15 is 0 Å². The van der Waals surface area contributed by atoms with Gasteiger partial charge in [0.15, 0.2) is 0 Å². The Kier molecular flexibility index (Phi) is 6.58. The van der Waals surface area contributed by atoms with Crippen LogP contribution in [-0.2, 0) is 0 Å². The van der Waals surface area contributed by atoms with Crippen molar-refractivity contribution < 1.29 is 4.74 Å². The van der Waals surface area contributed by atoms with Gasteiger partial charge in [0.05, 0.1) is 12.3 Å². The Labute approximate surface area is 122 Å². The Hall–Kier alpha value is -1.49. The molecule has 20 heavy (non-hydrogen) atoms. The number of ether oxygens (including phenoxy) is 1. The number of nitrogen functional groups attached to an aromatic ring is 1. The summed E-state index contributed by atoms with van der Waals surface area (Å²) in [4.78, 5) is 6.62. The molecule has 0 saturated carbocycles. The minimum atomic E-state index is 0.357. The van der Waals surface area contributed by atoms with Gasteiger partial charge in [-0.3, -0.25) is 0 Å². The van der Waals surface area contributed by atoms with E-state index in [2.05, 4.69) is 43.1 Å². The zero-order valence-electron chi connectivity index (χ0n) is 13.3. The van der Waals surface area contributed by atoms with E-state index in [-0.39, 0.29) is 0 Å². The highest BCUT2D eigenvalue weighted by atomic mass is 16.5. The van der Waals surface area contributed by atoms with Gasteiger partial charge in [0.1, 0.15) is 5.82 Å². The normalized spacial score (nSPS) is 12.8. The summed E-state index contributed by atoms with van der Waals surface area (Å²) in [6.07, 6.45) is 1.09. The van der Waals surface area contributed by atoms with Gasteiger partial charge in [-0.15, -0.1) is 0 Å². The van der Waals surface area contributed by atoms with Gasteiger partial charge in [-0.1, -0.05) is 13.8 Å². The van der Waals surface area contributed by atoms with Crippen molar-refractivity contribution >= 4 is 11.5 Å². The van der Waals surface area contributed by atoms with Crippen molar-refractivity contribution in [2.75, 3.05) is 38.3 Å². The Morgan fingerprint density at radius 2 is 2.05 bits per heavy atom. The quantitative estimate of drug-likeness (QED) is 0.766. The number of rotatable bonds is 8. The first kappa shape index (κ1) is 16.6. The summed E-state index contributed by atoms with van der Waals surface area (Å²) in [5.74, 6) is 1.95. The van der Waals surface area contributed by atoms with Crippen molar-refractivity contribution in [1.29, 1.82) is 0 Å². The summed E-state index contributed by atoms with van der Waals surface area (Å²) in [7, 11) is 4.16. The first-order valence-electron chi connectivity index (χ1n) is 7.23. The molecule has 3 N–H and O–H groups in total. The molecule has 0 aliphatic heterocycles. The van der Waals surface area contributed by atoms with Gasteiger partial charge in [-0.05, 0) is 45.5 Å². The number of hydrogen-bond acceptors (Lipinski definition) is 5. The molecule has 1 aromatic heterocycles. The van der Waals surface area contributed by atoms with Crippen LogP contribution >= 0.6 is 0 Å². The van der Waals surface area contributed by atoms with E-state index in [1.54, 1.807) is 0 Å². The number of pyridine rings is 1. The van der Waals surface area contributed by atoms with E-state index in [0.717, 1.165) is 18.8 Å². The Morgan fingerprint density at radius 1 is 1.35 bits per heavy atom. The van der Waals surface area contributed by atoms with Crippen molar-refractivity contribution in [2.24, 2.45) is 5.92 Å². The largest absolute Gasteiger partial charge is 0.476 e. The zero-order chi connectivity index (χ0) is 15.1. The summed E-state index contributed by atoms with van der Waals surface area (Å²) < 4.78 is 5.43. The van der Waals surface area contributed by atoms with Crippen molar-refractivity contribution in [2.45, 2.75) is 33.2 Å². The fourth-order valence-electron chi connectivity index (χ4n) is 2.18. The molecule has 5 nitrogen and oxygen atoms in total. The topological polar surface area (TPSA) is 63.4 Å². The third-order valence-corrected chi connectivity index (χ3v) is 2.86. The highest BCUT2D eigenvalue weighted by Gasteiger charge is 2.13. The number of nitrogens with two attached hydrogens (primary N) is 1. The molecule has 1 atom stereocenters. The van der Waals surface area contributed by atoms with E-state index < -0.39 is 0 Å². The standard InChI is InChI=1S/C15H28N4O/c1-6-20-15-13(16)7-8-14(18-15)17-12(9-11(2)3)10-19(4)5/h7-8,11-12H,6,9-10,16H2,1-5H3,(H,17,18). The van der Waals surface area contributed by atoms with Crippen LogP contribution in [0.3, 0.4) is 0 Å². The molecule has 1 unspecified atom stereocenters. The average Bonchev–Trinajstić information content (AvgIpc) is 2.32. The third kappa shape index (κ3) is 5.65. The van der Waals surface area contributed by atoms with Crippen LogP contribution in [0.5, 0.6) is 5.88 Å². The lowest BCUT2D eigenvalue weighted by Crippen LogP contribution is -2.33. The summed E-state index contributed by atoms with van der Waals surface area (Å²) in [5, 5.41) is 3.48. The molecule has 0 saturated heterocycles. The molecule has 0 bridgehead atoms. The summed E-state index contributed by atoms with van der Waals surface area (Å²) in [5.41, 5.74) is 6.42. The lowest BCUT2D eigenvalue weighted by atomic mass is 10.0. The summed E-state index contributed by atoms with van der Waals surface area (Å²) in [6, 6.07) is 4.10. The van der Waals surface area contributed by atoms with Gasteiger partial charge >= 0.3 is 0 Å². The molecule has 1 heterocycles. The number of hydrogen-bond donors (Lipinski definition) is 2. The van der Waals surface area contributed by atoms with Crippen LogP contribution < -0.4 is 15.8 Å². The van der Waals surface area contributed by atoms with Crippen molar-refractivity contribution in [3.63, 3.8) is 0 Å². The lowest BCUT2D eigenvalue weighted by molar-refractivity contribution is 0.328. The van der Waals surface area contributed by atoms with Gasteiger partial charge in [0, 0.05) is 12.6 Å². The molecule has 1 aromatic rings. The lowest BCUT2D eigenvalue weighted by Gasteiger charge is -2.24. The third-order valence-electron chi connectivity index (χ3n) is 2.86. The van der Waals surface area contributed by atoms with E-state index in [0.29, 0.717) is 30.1 Å². The number of nitrogens with zero attached hydrogens (tertiary/aromatic N) is 2. The van der Waals surface area contributed by atoms with E-state index in [9.17, 15) is 0 Å². The SMILES string of the molecule is CCOc1nc(NC(CC(C)C)CN(C)C)ccc1N. The second kappa shape index (κ2) is 7.94. The van der Waals surface area contributed by atoms with Gasteiger partial charge in [-0.25, -0.2) is 0 Å². The maximum atomic E-state index is 5.84. The highest BCUT2D eigenvalue weighted by Crippen LogP contribution is 2.22. The molecule has 0 aliphatic rings. The maximum Gasteiger partial charge on any atom is 0.239 e. The second-order valence-corrected chi connectivity index (χ2v) is 5.76. The Balaban J connectivity index is 2.78. The van der Waals surface area contributed by atoms with Gasteiger partial charge in [0.2, 0.25) is 5.88 Å². The molecule has 0 radical (unpaired) electrons. The Bertz CT molecular complexity index is 397. The predicted molar refractivity (Wildman–Crippen MR) is 85.2 cm³/mol. The number of nitrogens with one attached hydrogen (secondary N) is 1. The van der Waals surface area contributed by atoms with Crippen molar-refractivity contribution in [3.05, 3.63) is 12.1 Å². The molecule has 0 amide bonds. The molecular weight excluding hydrogens is 252 g/mol. The minimum absolute atomic E-state index is 0.357. The number of likely N-dealkylation sites (N-methyl/N-ethyl adjacent to an activating group) is 1. The number of anilines is 2. The maximum absolute atomic E-state index is 5.84. The molecule has 0 fully saturated rings. The van der Waals surface area contributed by atoms with E-state index in [4.69, 9.17) is 10.5 Å². The van der Waals surface area contributed by atoms with Crippen molar-refractivity contribution in [3.8, 4) is 5.88 Å². The molecule has 0 aliphatic carbocycles. The molecule has 0 spiro atoms. The smallest absolute Gasteiger partial charge is 0.239 e. The van der Waals surface area contributed by atoms with Crippen LogP contribution in [0.25, 0.3) is 0 Å². The van der Waals surface area contributed by atoms with E-state index in [1.807, 2.05) is 19.1 Å². The van der Waals surface area contributed by atoms with Gasteiger partial charge < -0.3 is 20.7 Å². The van der Waals surface area contributed by atoms with Gasteiger partial charge in [-0.2, -0.15) is 4.98 Å². The van der Waals surface area contributed by atoms with Crippen LogP contribution in [0, 0.1) is 5.92 Å². The van der Waals surface area contributed by atoms with Crippen LogP contribution in [0.1, 0.15) is 27.2 Å². The fourth-order valence-corrected chi connectivity index (χ4v) is 2.18. The molecular formula is C15H28N4O. The molecule has 5 heteroatoms. The van der Waals surface area contributed by atoms with Crippen LogP contribution in [0.2, 0.25) is 0 Å². The van der Waals surface area contributed by atoms with E-state index in [1.165, 1.54) is 0 Å². The number of aromatic nitrogens is 1. The van der Waals surface area contributed by atoms with Gasteiger partial charge in [0.25, 0.3) is 0 Å². The summed E-state index contributed by atoms with van der Waals surface area (Å²) >= 11 is 0. The molecule has 1 rings (SSSR count). The Morgan fingerprint density at radius 3 is 2.60 bits per heavy atom. The zero-order valence-corrected chi connectivity index (χ0v) is 13.3. The molecule has 0 aromatic carbocycles. The minimum Gasteiger partial charge on any atom is -0.476 e. The van der Waals surface area contributed by atoms with Crippen LogP contribution in [0.4, 0.5) is 11.5 Å². The first-order valence-corrected chi connectivity index (χ1v) is 7.23. The fraction of sp³-hybridized carbons (Fsp3) is 0.667. The van der Waals surface area contributed by atoms with Crippen LogP contribution in [0.15, 0.2) is 12.1 Å². The monoisotopic (exact) mass is 280 g/mol. The molecule has 114 valence electrons. The van der Waals surface area contributed by atoms with Crippen LogP contribution in [-0.4, -0.2) is 43.2 Å². The first-order chi connectivity index (χ1) is 9.42. The highest BCUT2D eigenvalue weighted by molar-refractivity contribution is 5.53. The predicted octanol–water partition coefficient (Wildman–Crippen LogP) is 2.45. The van der Waals surface area contributed by atoms with Crippen molar-refractivity contribution in [1.82, 2.24) is 9.88 Å². The average molecular weight is 280 g/mol.